The number of rotatable bonds is 9. The smallest absolute Gasteiger partial charge is 0.471 e. The van der Waals surface area contributed by atoms with E-state index in [0.29, 0.717) is 0 Å². The second kappa shape index (κ2) is 10.2. The van der Waals surface area contributed by atoms with E-state index in [9.17, 15) is 42.7 Å². The Morgan fingerprint density at radius 3 is 2.22 bits per heavy atom. The highest BCUT2D eigenvalue weighted by Gasteiger charge is 2.70. The summed E-state index contributed by atoms with van der Waals surface area (Å²) in [6, 6.07) is -1.96. The molecule has 1 saturated carbocycles. The van der Waals surface area contributed by atoms with Gasteiger partial charge in [-0.2, -0.15) is 18.4 Å². The van der Waals surface area contributed by atoms with Gasteiger partial charge < -0.3 is 26.4 Å². The van der Waals surface area contributed by atoms with Gasteiger partial charge in [0.25, 0.3) is 0 Å². The molecule has 10 nitrogen and oxygen atoms in total. The van der Waals surface area contributed by atoms with Crippen LogP contribution in [0.1, 0.15) is 47.5 Å². The van der Waals surface area contributed by atoms with E-state index in [1.807, 2.05) is 19.9 Å². The lowest BCUT2D eigenvalue weighted by atomic mass is 9.85. The van der Waals surface area contributed by atoms with Gasteiger partial charge in [-0.05, 0) is 42.1 Å². The average Bonchev–Trinajstić information content (AvgIpc) is 3.09. The van der Waals surface area contributed by atoms with Crippen molar-refractivity contribution in [2.75, 3.05) is 13.1 Å². The maximum Gasteiger partial charge on any atom is 0.471 e. The maximum atomic E-state index is 13.5. The molecule has 0 bridgehead atoms. The number of hydrogen-bond acceptors (Lipinski definition) is 6. The van der Waals surface area contributed by atoms with E-state index in [2.05, 4.69) is 5.32 Å². The van der Waals surface area contributed by atoms with Crippen molar-refractivity contribution in [3.8, 4) is 6.07 Å². The standard InChI is InChI=1S/C23H34F3N5O5/c1-21(2,3)16(30-20(36)23(24,25)26)18(33)31-10-13-14(22(13,4)5)15(31)17(32)29-12(9-28)8-11(6-7-27)19(34)35/h11-16H,6-8,10,27H2,1-5H3,(H,29,32)(H,30,36)(H,34,35)/t11-,12-,13-,14-,15-,16+/m0/s1. The number of nitrogens with one attached hydrogen (secondary N) is 2. The van der Waals surface area contributed by atoms with Gasteiger partial charge in [-0.3, -0.25) is 19.2 Å². The number of likely N-dealkylation sites (tertiary alicyclic amines) is 1. The Morgan fingerprint density at radius 1 is 1.19 bits per heavy atom. The van der Waals surface area contributed by atoms with Crippen LogP contribution in [0.15, 0.2) is 0 Å². The molecule has 0 aromatic heterocycles. The SMILES string of the molecule is CC(C)(C)[C@H](NC(=O)C(F)(F)F)C(=O)N1C[C@H]2[C@@H]([C@H]1C(=O)N[C@H](C#N)C[C@H](CCN)C(=O)O)C2(C)C. The maximum absolute atomic E-state index is 13.5. The molecule has 1 aliphatic heterocycles. The highest BCUT2D eigenvalue weighted by molar-refractivity contribution is 5.95. The number of aliphatic carboxylic acids is 1. The molecule has 0 spiro atoms. The summed E-state index contributed by atoms with van der Waals surface area (Å²) in [6.07, 6.45) is -5.29. The highest BCUT2D eigenvalue weighted by Crippen LogP contribution is 2.65. The van der Waals surface area contributed by atoms with Gasteiger partial charge in [-0.1, -0.05) is 34.6 Å². The van der Waals surface area contributed by atoms with E-state index in [1.54, 1.807) is 5.32 Å². The lowest BCUT2D eigenvalue weighted by molar-refractivity contribution is -0.176. The molecule has 2 fully saturated rings. The number of amides is 3. The molecule has 1 saturated heterocycles. The predicted octanol–water partition coefficient (Wildman–Crippen LogP) is 1.01. The van der Waals surface area contributed by atoms with Crippen LogP contribution in [0.2, 0.25) is 0 Å². The number of alkyl halides is 3. The summed E-state index contributed by atoms with van der Waals surface area (Å²) >= 11 is 0. The first-order chi connectivity index (χ1) is 16.4. The molecule has 2 rings (SSSR count). The van der Waals surface area contributed by atoms with Gasteiger partial charge in [0, 0.05) is 6.54 Å². The van der Waals surface area contributed by atoms with Gasteiger partial charge in [0.2, 0.25) is 11.8 Å². The van der Waals surface area contributed by atoms with Crippen LogP contribution in [-0.4, -0.2) is 71.1 Å². The zero-order valence-corrected chi connectivity index (χ0v) is 21.0. The largest absolute Gasteiger partial charge is 0.481 e. The number of nitrogens with two attached hydrogens (primary N) is 1. The van der Waals surface area contributed by atoms with E-state index in [0.717, 1.165) is 0 Å². The Bertz CT molecular complexity index is 940. The second-order valence-electron chi connectivity index (χ2n) is 11.2. The predicted molar refractivity (Wildman–Crippen MR) is 121 cm³/mol. The van der Waals surface area contributed by atoms with Crippen molar-refractivity contribution in [1.29, 1.82) is 5.26 Å². The number of nitriles is 1. The molecule has 3 amide bonds. The minimum Gasteiger partial charge on any atom is -0.481 e. The fourth-order valence-corrected chi connectivity index (χ4v) is 5.07. The number of halogens is 3. The summed E-state index contributed by atoms with van der Waals surface area (Å²) < 4.78 is 38.8. The van der Waals surface area contributed by atoms with Crippen LogP contribution in [0.25, 0.3) is 0 Å². The van der Waals surface area contributed by atoms with Crippen LogP contribution in [0.5, 0.6) is 0 Å². The molecule has 13 heteroatoms. The van der Waals surface area contributed by atoms with Gasteiger partial charge in [-0.15, -0.1) is 0 Å². The molecular weight excluding hydrogens is 483 g/mol. The van der Waals surface area contributed by atoms with E-state index in [4.69, 9.17) is 5.73 Å². The number of carbonyl (C=O) groups excluding carboxylic acids is 3. The minimum absolute atomic E-state index is 0.0732. The van der Waals surface area contributed by atoms with Gasteiger partial charge >= 0.3 is 18.1 Å². The number of carboxylic acid groups (broad SMARTS) is 1. The third kappa shape index (κ3) is 6.08. The Hall–Kier alpha value is -2.88. The Kier molecular flexibility index (Phi) is 8.35. The van der Waals surface area contributed by atoms with E-state index >= 15 is 0 Å². The van der Waals surface area contributed by atoms with Crippen molar-refractivity contribution in [3.05, 3.63) is 0 Å². The Balaban J connectivity index is 2.29. The summed E-state index contributed by atoms with van der Waals surface area (Å²) in [7, 11) is 0. The fraction of sp³-hybridized carbons (Fsp3) is 0.783. The van der Waals surface area contributed by atoms with Gasteiger partial charge in [0.15, 0.2) is 0 Å². The zero-order valence-electron chi connectivity index (χ0n) is 21.0. The van der Waals surface area contributed by atoms with Crippen molar-refractivity contribution in [3.63, 3.8) is 0 Å². The second-order valence-corrected chi connectivity index (χ2v) is 11.2. The van der Waals surface area contributed by atoms with Gasteiger partial charge in [0.05, 0.1) is 12.0 Å². The topological polar surface area (TPSA) is 166 Å². The van der Waals surface area contributed by atoms with Crippen LogP contribution in [0.3, 0.4) is 0 Å². The molecule has 36 heavy (non-hydrogen) atoms. The van der Waals surface area contributed by atoms with Crippen LogP contribution >= 0.6 is 0 Å². The van der Waals surface area contributed by atoms with Crippen molar-refractivity contribution in [1.82, 2.24) is 15.5 Å². The van der Waals surface area contributed by atoms with Crippen LogP contribution < -0.4 is 16.4 Å². The first kappa shape index (κ1) is 29.4. The van der Waals surface area contributed by atoms with Crippen LogP contribution in [0, 0.1) is 39.9 Å². The Morgan fingerprint density at radius 2 is 1.78 bits per heavy atom. The summed E-state index contributed by atoms with van der Waals surface area (Å²) in [4.78, 5) is 51.1. The van der Waals surface area contributed by atoms with Crippen molar-refractivity contribution in [2.45, 2.75) is 71.8 Å². The molecule has 0 unspecified atom stereocenters. The summed E-state index contributed by atoms with van der Waals surface area (Å²) in [5.41, 5.74) is 4.01. The first-order valence-electron chi connectivity index (χ1n) is 11.7. The van der Waals surface area contributed by atoms with E-state index in [1.165, 1.54) is 25.7 Å². The lowest BCUT2D eigenvalue weighted by Gasteiger charge is -2.37. The van der Waals surface area contributed by atoms with E-state index in [-0.39, 0.29) is 43.2 Å². The molecule has 2 aliphatic rings. The first-order valence-corrected chi connectivity index (χ1v) is 11.7. The molecule has 6 atom stereocenters. The summed E-state index contributed by atoms with van der Waals surface area (Å²) in [6.45, 7) is 8.47. The number of carbonyl (C=O) groups is 4. The van der Waals surface area contributed by atoms with E-state index < -0.39 is 59.3 Å². The third-order valence-electron chi connectivity index (χ3n) is 7.26. The minimum atomic E-state index is -5.19. The number of fused-ring (bicyclic) bond motifs is 1. The lowest BCUT2D eigenvalue weighted by Crippen LogP contribution is -2.61. The molecule has 1 aliphatic carbocycles. The fourth-order valence-electron chi connectivity index (χ4n) is 5.07. The summed E-state index contributed by atoms with van der Waals surface area (Å²) in [5.74, 6) is -6.31. The highest BCUT2D eigenvalue weighted by atomic mass is 19.4. The Labute approximate surface area is 207 Å². The average molecular weight is 518 g/mol. The molecular formula is C23H34F3N5O5. The summed E-state index contributed by atoms with van der Waals surface area (Å²) in [5, 5.41) is 23.1. The number of nitrogens with zero attached hydrogens (tertiary/aromatic N) is 2. The molecule has 0 aromatic rings. The van der Waals surface area contributed by atoms with Gasteiger partial charge in [-0.25, -0.2) is 0 Å². The normalized spacial score (nSPS) is 25.1. The number of piperidine rings is 1. The van der Waals surface area contributed by atoms with Crippen molar-refractivity contribution >= 4 is 23.7 Å². The molecule has 0 aromatic carbocycles. The van der Waals surface area contributed by atoms with Crippen molar-refractivity contribution < 1.29 is 37.5 Å². The van der Waals surface area contributed by atoms with Gasteiger partial charge in [0.1, 0.15) is 18.1 Å². The molecule has 202 valence electrons. The number of hydrogen-bond donors (Lipinski definition) is 4. The molecule has 0 radical (unpaired) electrons. The van der Waals surface area contributed by atoms with Crippen LogP contribution in [-0.2, 0) is 19.2 Å². The van der Waals surface area contributed by atoms with Crippen molar-refractivity contribution in [2.24, 2.45) is 34.3 Å². The monoisotopic (exact) mass is 517 g/mol. The third-order valence-corrected chi connectivity index (χ3v) is 7.26. The van der Waals surface area contributed by atoms with Crippen LogP contribution in [0.4, 0.5) is 13.2 Å². The molecule has 1 heterocycles. The molecule has 5 N–H and O–H groups in total. The quantitative estimate of drug-likeness (QED) is 0.354. The number of carboxylic acids is 1. The zero-order chi connectivity index (χ0) is 27.8.